The van der Waals surface area contributed by atoms with Crippen molar-refractivity contribution in [1.29, 1.82) is 0 Å². The Kier molecular flexibility index (Phi) is 23.9. The second kappa shape index (κ2) is 29.8. The number of rotatable bonds is 8. The zero-order valence-corrected chi connectivity index (χ0v) is 45.8. The number of hydrogen-bond donors (Lipinski definition) is 23. The van der Waals surface area contributed by atoms with Gasteiger partial charge in [-0.3, -0.25) is 0 Å². The van der Waals surface area contributed by atoms with Gasteiger partial charge in [-0.2, -0.15) is 0 Å². The molecule has 16 bridgehead atoms. The molecule has 39 nitrogen and oxygen atoms in total. The van der Waals surface area contributed by atoms with Gasteiger partial charge in [-0.15, -0.1) is 0 Å². The van der Waals surface area contributed by atoms with Crippen LogP contribution in [0.25, 0.3) is 0 Å². The van der Waals surface area contributed by atoms with Crippen LogP contribution in [0.5, 0.6) is 0 Å². The summed E-state index contributed by atoms with van der Waals surface area (Å²) in [5, 5.41) is 243. The molecule has 24 N–H and O–H groups in total. The standard InChI is InChI=1S/C48H81NO38/c49-20-21(59)34-13(3-51)74-42(20)82-36-15(5-53)77-46(30(68)24(36)62)86-39-18(8-56)80-48(33(71)27(39)65)87-40-19(9-57)79-47(32(70)26(40)64)84-37-16(6-54)75-43(28(66)22(37)60)72-11-1-10(58)41(73-12(11)2-50)81-35-14(4-52)76-45(29(67)23(35)61)85-38-17(7-55)78-44(83-34)31(69)25(38)63/h10-48,50-71H,1-9,49H2/t10?,11-,12?,13?,14?,15?,16?,17?,18?,19?,20?,21+,22+,23+,24+,25+,26+,27+,28?,29?,30?,31?,32?,33?,34+,35+,36+,37+,38+,39+,40+,41+,42+,43-,44+,45+,46+,47+,48+/m0/s1. The predicted molar refractivity (Wildman–Crippen MR) is 262 cm³/mol. The first-order chi connectivity index (χ1) is 41.5. The van der Waals surface area contributed by atoms with Crippen molar-refractivity contribution in [2.24, 2.45) is 5.73 Å². The highest BCUT2D eigenvalue weighted by molar-refractivity contribution is 5.02. The molecule has 39 atom stereocenters. The number of aliphatic hydroxyl groups is 22. The lowest BCUT2D eigenvalue weighted by molar-refractivity contribution is -0.398. The number of nitrogens with two attached hydrogens (primary N) is 1. The minimum absolute atomic E-state index is 0.534. The minimum atomic E-state index is -2.22. The fraction of sp³-hybridized carbons (Fsp3) is 1.00. The fourth-order valence-corrected chi connectivity index (χ4v) is 11.9. The fourth-order valence-electron chi connectivity index (χ4n) is 11.9. The Bertz CT molecular complexity index is 2100. The van der Waals surface area contributed by atoms with Crippen molar-refractivity contribution < 1.29 is 188 Å². The van der Waals surface area contributed by atoms with Crippen LogP contribution < -0.4 is 5.73 Å². The Morgan fingerprint density at radius 3 is 0.667 bits per heavy atom. The van der Waals surface area contributed by atoms with Gasteiger partial charge in [0.2, 0.25) is 0 Å². The lowest BCUT2D eigenvalue weighted by Crippen LogP contribution is -2.69. The van der Waals surface area contributed by atoms with Crippen LogP contribution in [0, 0.1) is 0 Å². The van der Waals surface area contributed by atoms with E-state index in [4.69, 9.17) is 81.5 Å². The maximum absolute atomic E-state index is 11.5. The Labute approximate surface area is 491 Å². The van der Waals surface area contributed by atoms with E-state index in [0.29, 0.717) is 0 Å². The van der Waals surface area contributed by atoms with Crippen molar-refractivity contribution in [2.45, 2.75) is 246 Å². The van der Waals surface area contributed by atoms with E-state index in [2.05, 4.69) is 0 Å². The molecule has 0 spiro atoms. The van der Waals surface area contributed by atoms with Crippen molar-refractivity contribution in [2.75, 3.05) is 52.9 Å². The molecule has 0 aromatic heterocycles. The maximum atomic E-state index is 11.5. The summed E-state index contributed by atoms with van der Waals surface area (Å²) in [6.07, 6.45) is -73.7. The maximum Gasteiger partial charge on any atom is 0.187 e. The normalized spacial score (nSPS) is 55.0. The van der Waals surface area contributed by atoms with Gasteiger partial charge in [0.25, 0.3) is 0 Å². The summed E-state index contributed by atoms with van der Waals surface area (Å²) >= 11 is 0. The summed E-state index contributed by atoms with van der Waals surface area (Å²) in [6.45, 7) is -8.09. The van der Waals surface area contributed by atoms with Gasteiger partial charge in [-0.25, -0.2) is 0 Å². The minimum Gasteiger partial charge on any atom is -0.394 e. The van der Waals surface area contributed by atoms with Crippen LogP contribution in [0.4, 0.5) is 0 Å². The van der Waals surface area contributed by atoms with Gasteiger partial charge >= 0.3 is 0 Å². The first kappa shape index (κ1) is 69.8. The number of hydrogen-bond acceptors (Lipinski definition) is 39. The molecule has 30 fully saturated rings. The molecule has 0 amide bonds. The smallest absolute Gasteiger partial charge is 0.187 e. The topological polar surface area (TPSA) is 619 Å². The van der Waals surface area contributed by atoms with Crippen molar-refractivity contribution in [3.63, 3.8) is 0 Å². The highest BCUT2D eigenvalue weighted by atomic mass is 16.8. The molecule has 39 heteroatoms. The van der Waals surface area contributed by atoms with Gasteiger partial charge in [-0.1, -0.05) is 0 Å². The Morgan fingerprint density at radius 2 is 0.414 bits per heavy atom. The molecule has 30 rings (SSSR count). The molecule has 0 aliphatic carbocycles. The molecule has 0 aromatic rings. The summed E-state index contributed by atoms with van der Waals surface area (Å²) < 4.78 is 92.1. The third-order valence-electron chi connectivity index (χ3n) is 16.9. The van der Waals surface area contributed by atoms with Crippen molar-refractivity contribution in [3.05, 3.63) is 0 Å². The third-order valence-corrected chi connectivity index (χ3v) is 16.9. The van der Waals surface area contributed by atoms with Gasteiger partial charge in [0.1, 0.15) is 177 Å². The molecule has 0 saturated carbocycles. The zero-order valence-electron chi connectivity index (χ0n) is 45.8. The molecular formula is C48H81NO38. The molecule has 87 heavy (non-hydrogen) atoms. The van der Waals surface area contributed by atoms with Crippen LogP contribution in [0.3, 0.4) is 0 Å². The summed E-state index contributed by atoms with van der Waals surface area (Å²) in [5.74, 6) is 0. The monoisotopic (exact) mass is 1280 g/mol. The zero-order chi connectivity index (χ0) is 63.2. The van der Waals surface area contributed by atoms with Crippen LogP contribution in [-0.4, -0.2) is 405 Å². The molecular weight excluding hydrogens is 1200 g/mol. The summed E-state index contributed by atoms with van der Waals surface area (Å²) in [6, 6.07) is -1.73. The molecule has 506 valence electrons. The second-order valence-corrected chi connectivity index (χ2v) is 22.4. The van der Waals surface area contributed by atoms with Gasteiger partial charge in [-0.05, 0) is 0 Å². The van der Waals surface area contributed by atoms with Crippen LogP contribution >= 0.6 is 0 Å². The molecule has 0 radical (unpaired) electrons. The lowest BCUT2D eigenvalue weighted by Gasteiger charge is -2.50. The quantitative estimate of drug-likeness (QED) is 0.107. The average Bonchev–Trinajstić information content (AvgIpc) is 1.18. The number of ether oxygens (including phenoxy) is 16. The van der Waals surface area contributed by atoms with Gasteiger partial charge in [0, 0.05) is 6.42 Å². The van der Waals surface area contributed by atoms with E-state index in [-0.39, 0.29) is 0 Å². The molecule has 16 unspecified atom stereocenters. The molecule has 0 aromatic carbocycles. The molecule has 30 saturated heterocycles. The van der Waals surface area contributed by atoms with E-state index in [0.717, 1.165) is 0 Å². The second-order valence-electron chi connectivity index (χ2n) is 22.4. The first-order valence-electron chi connectivity index (χ1n) is 28.1. The summed E-state index contributed by atoms with van der Waals surface area (Å²) in [4.78, 5) is 0. The highest BCUT2D eigenvalue weighted by Crippen LogP contribution is 2.39. The lowest BCUT2D eigenvalue weighted by atomic mass is 9.94. The van der Waals surface area contributed by atoms with E-state index in [1.807, 2.05) is 0 Å². The first-order valence-corrected chi connectivity index (χ1v) is 28.1. The van der Waals surface area contributed by atoms with Crippen molar-refractivity contribution >= 4 is 0 Å². The summed E-state index contributed by atoms with van der Waals surface area (Å²) in [7, 11) is 0. The van der Waals surface area contributed by atoms with Crippen LogP contribution in [0.15, 0.2) is 0 Å². The third kappa shape index (κ3) is 14.0. The highest BCUT2D eigenvalue weighted by Gasteiger charge is 2.59. The Balaban J connectivity index is 0.967. The van der Waals surface area contributed by atoms with E-state index < -0.39 is 299 Å². The van der Waals surface area contributed by atoms with Gasteiger partial charge in [0.05, 0.1) is 65.0 Å². The van der Waals surface area contributed by atoms with Gasteiger partial charge < -0.3 is 194 Å². The Hall–Kier alpha value is -1.56. The van der Waals surface area contributed by atoms with Crippen LogP contribution in [-0.2, 0) is 75.8 Å². The number of aliphatic hydroxyl groups excluding tert-OH is 22. The van der Waals surface area contributed by atoms with E-state index >= 15 is 0 Å². The van der Waals surface area contributed by atoms with Crippen LogP contribution in [0.2, 0.25) is 0 Å². The van der Waals surface area contributed by atoms with E-state index in [1.165, 1.54) is 0 Å². The van der Waals surface area contributed by atoms with Crippen molar-refractivity contribution in [3.8, 4) is 0 Å². The van der Waals surface area contributed by atoms with E-state index in [1.54, 1.807) is 0 Å². The largest absolute Gasteiger partial charge is 0.394 e. The predicted octanol–water partition coefficient (Wildman–Crippen LogP) is -16.4. The molecule has 30 aliphatic rings. The van der Waals surface area contributed by atoms with Gasteiger partial charge in [0.15, 0.2) is 50.3 Å². The molecule has 30 heterocycles. The van der Waals surface area contributed by atoms with Crippen LogP contribution in [0.1, 0.15) is 6.42 Å². The van der Waals surface area contributed by atoms with E-state index in [9.17, 15) is 112 Å². The van der Waals surface area contributed by atoms with Crippen molar-refractivity contribution in [1.82, 2.24) is 0 Å². The SMILES string of the molecule is NC1[C@@H]2OC(CO)[C@@H](O[C@H]3OC(CO)[C@@H](O[C@H]4OC(CO)[C@@H](O[C@H]5OC(CO)[C@H](CC5O)O[C@H]5OC(CO)[C@@H](O[C@H]6OC(CO)[C@@H](O[C@H]7OC(CO)[C@@H](O[C@H]8OC(CO)[C@@H](O2)[C@H](O)C8O)[C@H](O)C7O)[C@H](O)C6O)[C@H](O)C5O)[C@H](O)C4O)[C@H](O)C3O)[C@@H]1O. The average molecular weight is 1280 g/mol. The molecule has 30 aliphatic heterocycles. The Morgan fingerprint density at radius 1 is 0.218 bits per heavy atom. The summed E-state index contributed by atoms with van der Waals surface area (Å²) in [5.41, 5.74) is 6.32.